The lowest BCUT2D eigenvalue weighted by Crippen LogP contribution is -2.49. The van der Waals surface area contributed by atoms with E-state index in [0.29, 0.717) is 43.3 Å². The number of aromatic nitrogens is 3. The van der Waals surface area contributed by atoms with Crippen LogP contribution in [0.1, 0.15) is 33.5 Å². The lowest BCUT2D eigenvalue weighted by atomic mass is 10.1. The first-order valence-corrected chi connectivity index (χ1v) is 14.8. The van der Waals surface area contributed by atoms with E-state index in [4.69, 9.17) is 0 Å². The molecule has 5 aromatic rings. The molecule has 230 valence electrons. The maximum absolute atomic E-state index is 13.0. The van der Waals surface area contributed by atoms with Crippen molar-refractivity contribution in [1.29, 1.82) is 0 Å². The third-order valence-electron chi connectivity index (χ3n) is 7.53. The van der Waals surface area contributed by atoms with Gasteiger partial charge in [-0.25, -0.2) is 14.8 Å². The number of nitrogens with one attached hydrogen (secondary N) is 4. The average Bonchev–Trinajstić information content (AvgIpc) is 3.07. The summed E-state index contributed by atoms with van der Waals surface area (Å²) in [4.78, 5) is 51.2. The van der Waals surface area contributed by atoms with Gasteiger partial charge in [0.15, 0.2) is 0 Å². The van der Waals surface area contributed by atoms with Crippen LogP contribution in [0.5, 0.6) is 0 Å². The molecular formula is C35H32N8O3. The van der Waals surface area contributed by atoms with Gasteiger partial charge in [-0.2, -0.15) is 0 Å². The maximum atomic E-state index is 13.0. The van der Waals surface area contributed by atoms with Gasteiger partial charge in [-0.15, -0.1) is 0 Å². The molecule has 0 spiro atoms. The zero-order chi connectivity index (χ0) is 31.9. The summed E-state index contributed by atoms with van der Waals surface area (Å²) in [5, 5.41) is 12.0. The third kappa shape index (κ3) is 7.40. The second-order valence-electron chi connectivity index (χ2n) is 10.8. The fraction of sp³-hybridized carbons (Fsp3) is 0.143. The highest BCUT2D eigenvalue weighted by Crippen LogP contribution is 2.25. The van der Waals surface area contributed by atoms with Crippen LogP contribution in [-0.4, -0.2) is 39.3 Å². The van der Waals surface area contributed by atoms with E-state index in [-0.39, 0.29) is 11.8 Å². The van der Waals surface area contributed by atoms with Crippen LogP contribution >= 0.6 is 0 Å². The van der Waals surface area contributed by atoms with Crippen LogP contribution in [0.15, 0.2) is 104 Å². The number of nitrogens with zero attached hydrogens (tertiary/aromatic N) is 4. The van der Waals surface area contributed by atoms with E-state index in [0.717, 1.165) is 39.3 Å². The van der Waals surface area contributed by atoms with E-state index in [1.807, 2.05) is 79.7 Å². The summed E-state index contributed by atoms with van der Waals surface area (Å²) in [5.74, 6) is -0.0180. The molecule has 1 aliphatic heterocycles. The van der Waals surface area contributed by atoms with Crippen LogP contribution < -0.4 is 26.2 Å². The quantitative estimate of drug-likeness (QED) is 0.160. The lowest BCUT2D eigenvalue weighted by Gasteiger charge is -2.26. The van der Waals surface area contributed by atoms with Gasteiger partial charge in [0.25, 0.3) is 5.91 Å². The van der Waals surface area contributed by atoms with E-state index in [1.54, 1.807) is 35.6 Å². The summed E-state index contributed by atoms with van der Waals surface area (Å²) in [6, 6.07) is 26.0. The Hall–Kier alpha value is -5.94. The molecule has 0 unspecified atom stereocenters. The van der Waals surface area contributed by atoms with Crippen molar-refractivity contribution in [3.63, 3.8) is 0 Å². The highest BCUT2D eigenvalue weighted by atomic mass is 16.2. The summed E-state index contributed by atoms with van der Waals surface area (Å²) < 4.78 is 0. The molecule has 0 atom stereocenters. The van der Waals surface area contributed by atoms with Crippen molar-refractivity contribution in [2.75, 3.05) is 22.1 Å². The van der Waals surface area contributed by atoms with Gasteiger partial charge in [-0.1, -0.05) is 30.3 Å². The molecule has 46 heavy (non-hydrogen) atoms. The molecule has 1 fully saturated rings. The van der Waals surface area contributed by atoms with Gasteiger partial charge in [-0.3, -0.25) is 24.8 Å². The summed E-state index contributed by atoms with van der Waals surface area (Å²) in [7, 11) is 0. The number of carbonyl (C=O) groups excluding carboxylic acids is 3. The van der Waals surface area contributed by atoms with Crippen LogP contribution in [0.3, 0.4) is 0 Å². The van der Waals surface area contributed by atoms with E-state index < -0.39 is 6.03 Å². The van der Waals surface area contributed by atoms with Crippen molar-refractivity contribution < 1.29 is 14.4 Å². The Balaban J connectivity index is 1.01. The Morgan fingerprint density at radius 3 is 2.39 bits per heavy atom. The van der Waals surface area contributed by atoms with Crippen molar-refractivity contribution >= 4 is 40.9 Å². The van der Waals surface area contributed by atoms with E-state index in [9.17, 15) is 14.4 Å². The highest BCUT2D eigenvalue weighted by molar-refractivity contribution is 6.05. The molecule has 11 nitrogen and oxygen atoms in total. The van der Waals surface area contributed by atoms with Crippen LogP contribution in [0.4, 0.5) is 27.8 Å². The highest BCUT2D eigenvalue weighted by Gasteiger charge is 2.24. The fourth-order valence-electron chi connectivity index (χ4n) is 4.98. The van der Waals surface area contributed by atoms with Crippen molar-refractivity contribution in [3.05, 3.63) is 126 Å². The first-order chi connectivity index (χ1) is 22.4. The van der Waals surface area contributed by atoms with Crippen molar-refractivity contribution in [3.8, 4) is 11.3 Å². The molecule has 4 N–H and O–H groups in total. The summed E-state index contributed by atoms with van der Waals surface area (Å²) in [6.07, 6.45) is 5.46. The van der Waals surface area contributed by atoms with Gasteiger partial charge < -0.3 is 16.0 Å². The number of carbonyl (C=O) groups is 3. The summed E-state index contributed by atoms with van der Waals surface area (Å²) >= 11 is 0. The van der Waals surface area contributed by atoms with E-state index in [1.165, 1.54) is 0 Å². The Kier molecular flexibility index (Phi) is 9.02. The normalized spacial score (nSPS) is 12.8. The molecule has 3 aromatic carbocycles. The van der Waals surface area contributed by atoms with Gasteiger partial charge in [0.05, 0.1) is 5.69 Å². The predicted molar refractivity (Wildman–Crippen MR) is 177 cm³/mol. The molecule has 3 heterocycles. The van der Waals surface area contributed by atoms with Crippen LogP contribution in [0.25, 0.3) is 11.3 Å². The first kappa shape index (κ1) is 30.1. The maximum Gasteiger partial charge on any atom is 0.328 e. The largest absolute Gasteiger partial charge is 0.328 e. The minimum absolute atomic E-state index is 0.212. The molecule has 0 saturated carbocycles. The SMILES string of the molecule is Cc1ccc(NC(=O)c2ccc(CNCc3ccc(N4CCC(=O)NC4=O)cc3)cc2)cc1Nc1nccc(-c2cccnc2)n1. The molecule has 0 radical (unpaired) electrons. The minimum atomic E-state index is -0.394. The second kappa shape index (κ2) is 13.8. The zero-order valence-corrected chi connectivity index (χ0v) is 25.2. The number of aryl methyl sites for hydroxylation is 1. The van der Waals surface area contributed by atoms with E-state index in [2.05, 4.69) is 36.2 Å². The number of urea groups is 1. The van der Waals surface area contributed by atoms with Gasteiger partial charge in [0, 0.05) is 72.8 Å². The molecule has 0 aliphatic carbocycles. The number of hydrogen-bond donors (Lipinski definition) is 4. The summed E-state index contributed by atoms with van der Waals surface area (Å²) in [6.45, 7) is 3.60. The molecule has 11 heteroatoms. The number of hydrogen-bond acceptors (Lipinski definition) is 8. The lowest BCUT2D eigenvalue weighted by molar-refractivity contribution is -0.120. The Bertz CT molecular complexity index is 1860. The molecule has 6 rings (SSSR count). The van der Waals surface area contributed by atoms with Gasteiger partial charge in [-0.05, 0) is 78.2 Å². The smallest absolute Gasteiger partial charge is 0.324 e. The van der Waals surface area contributed by atoms with Crippen LogP contribution in [-0.2, 0) is 17.9 Å². The van der Waals surface area contributed by atoms with Crippen molar-refractivity contribution in [2.24, 2.45) is 0 Å². The Morgan fingerprint density at radius 2 is 1.67 bits per heavy atom. The zero-order valence-electron chi connectivity index (χ0n) is 25.2. The number of benzene rings is 3. The molecule has 1 aliphatic rings. The Morgan fingerprint density at radius 1 is 0.913 bits per heavy atom. The van der Waals surface area contributed by atoms with Crippen molar-refractivity contribution in [1.82, 2.24) is 25.6 Å². The second-order valence-corrected chi connectivity index (χ2v) is 10.8. The molecular weight excluding hydrogens is 580 g/mol. The fourth-order valence-corrected chi connectivity index (χ4v) is 4.98. The van der Waals surface area contributed by atoms with Gasteiger partial charge in [0.2, 0.25) is 11.9 Å². The summed E-state index contributed by atoms with van der Waals surface area (Å²) in [5.41, 5.74) is 7.46. The topological polar surface area (TPSA) is 141 Å². The number of imide groups is 1. The minimum Gasteiger partial charge on any atom is -0.324 e. The third-order valence-corrected chi connectivity index (χ3v) is 7.53. The molecule has 1 saturated heterocycles. The van der Waals surface area contributed by atoms with E-state index >= 15 is 0 Å². The van der Waals surface area contributed by atoms with Gasteiger partial charge in [0.1, 0.15) is 0 Å². The number of rotatable bonds is 10. The number of pyridine rings is 1. The predicted octanol–water partition coefficient (Wildman–Crippen LogP) is 5.58. The Labute approximate surface area is 266 Å². The number of anilines is 4. The molecule has 0 bridgehead atoms. The first-order valence-electron chi connectivity index (χ1n) is 14.8. The monoisotopic (exact) mass is 612 g/mol. The van der Waals surface area contributed by atoms with Gasteiger partial charge >= 0.3 is 6.03 Å². The molecule has 4 amide bonds. The number of amides is 4. The van der Waals surface area contributed by atoms with Crippen LogP contribution in [0.2, 0.25) is 0 Å². The van der Waals surface area contributed by atoms with Crippen molar-refractivity contribution in [2.45, 2.75) is 26.4 Å². The standard InChI is InChI=1S/C35H32N8O3/c1-23-4-11-28(19-31(23)41-34-38-17-14-30(40-34)27-3-2-16-36-22-27)39-33(45)26-9-5-24(6-10-26)20-37-21-25-7-12-29(13-8-25)43-18-15-32(44)42-35(43)46/h2-14,16-17,19,22,37H,15,18,20-21H2,1H3,(H,39,45)(H,38,40,41)(H,42,44,46). The van der Waals surface area contributed by atoms with Crippen LogP contribution in [0, 0.1) is 6.92 Å². The molecule has 2 aromatic heterocycles. The average molecular weight is 613 g/mol.